The first-order valence-corrected chi connectivity index (χ1v) is 9.60. The topological polar surface area (TPSA) is 67.7 Å². The molecule has 1 saturated heterocycles. The minimum atomic E-state index is -1.07. The summed E-state index contributed by atoms with van der Waals surface area (Å²) >= 11 is 0. The molecule has 29 heavy (non-hydrogen) atoms. The molecule has 3 rings (SSSR count). The Morgan fingerprint density at radius 1 is 1.14 bits per heavy atom. The fraction of sp³-hybridized carbons (Fsp3) is 0.450. The lowest BCUT2D eigenvalue weighted by atomic mass is 10.2. The normalized spacial score (nSPS) is 14.8. The van der Waals surface area contributed by atoms with E-state index in [1.54, 1.807) is 4.90 Å². The second-order valence-corrected chi connectivity index (χ2v) is 6.90. The second-order valence-electron chi connectivity index (χ2n) is 6.90. The third-order valence-electron chi connectivity index (χ3n) is 4.94. The molecule has 1 aliphatic rings. The predicted octanol–water partition coefficient (Wildman–Crippen LogP) is 2.08. The Morgan fingerprint density at radius 2 is 1.86 bits per heavy atom. The summed E-state index contributed by atoms with van der Waals surface area (Å²) in [7, 11) is 1.32. The standard InChI is InChI=1S/C20H24F2N4O3/c1-3-4-7-24-8-10-25(11-9-24)20(28)19-17(27)13-18(29-2)26(23-19)14-5-6-15(21)16(22)12-14/h5-6,12-13H,3-4,7-11H2,1-2H3. The van der Waals surface area contributed by atoms with Gasteiger partial charge in [0, 0.05) is 32.2 Å². The Bertz CT molecular complexity index is 940. The van der Waals surface area contributed by atoms with Crippen LogP contribution in [0.25, 0.3) is 5.69 Å². The van der Waals surface area contributed by atoms with E-state index in [1.165, 1.54) is 13.2 Å². The molecule has 1 amide bonds. The molecule has 156 valence electrons. The smallest absolute Gasteiger partial charge is 0.278 e. The van der Waals surface area contributed by atoms with Gasteiger partial charge < -0.3 is 9.64 Å². The highest BCUT2D eigenvalue weighted by Crippen LogP contribution is 2.18. The van der Waals surface area contributed by atoms with E-state index >= 15 is 0 Å². The summed E-state index contributed by atoms with van der Waals surface area (Å²) in [4.78, 5) is 29.2. The van der Waals surface area contributed by atoms with Crippen LogP contribution in [0.2, 0.25) is 0 Å². The minimum absolute atomic E-state index is 0.0157. The third kappa shape index (κ3) is 4.61. The second kappa shape index (κ2) is 9.13. The number of aromatic nitrogens is 2. The number of rotatable bonds is 6. The summed E-state index contributed by atoms with van der Waals surface area (Å²) in [5.74, 6) is -2.54. The number of hydrogen-bond acceptors (Lipinski definition) is 5. The van der Waals surface area contributed by atoms with E-state index in [4.69, 9.17) is 4.74 Å². The van der Waals surface area contributed by atoms with E-state index < -0.39 is 23.0 Å². The SMILES string of the molecule is CCCCN1CCN(C(=O)c2nn(-c3ccc(F)c(F)c3)c(OC)cc2=O)CC1. The van der Waals surface area contributed by atoms with E-state index in [9.17, 15) is 18.4 Å². The highest BCUT2D eigenvalue weighted by molar-refractivity contribution is 5.92. The maximum absolute atomic E-state index is 13.7. The van der Waals surface area contributed by atoms with E-state index in [-0.39, 0.29) is 17.3 Å². The van der Waals surface area contributed by atoms with Crippen LogP contribution in [-0.4, -0.2) is 65.3 Å². The minimum Gasteiger partial charge on any atom is -0.481 e. The fourth-order valence-corrected chi connectivity index (χ4v) is 3.24. The number of ether oxygens (including phenoxy) is 1. The van der Waals surface area contributed by atoms with Gasteiger partial charge in [0.25, 0.3) is 5.91 Å². The number of hydrogen-bond donors (Lipinski definition) is 0. The van der Waals surface area contributed by atoms with Gasteiger partial charge in [-0.1, -0.05) is 13.3 Å². The van der Waals surface area contributed by atoms with Gasteiger partial charge in [-0.15, -0.1) is 0 Å². The number of halogens is 2. The molecule has 0 unspecified atom stereocenters. The summed E-state index contributed by atoms with van der Waals surface area (Å²) in [6.07, 6.45) is 2.21. The molecule has 1 fully saturated rings. The Morgan fingerprint density at radius 3 is 2.48 bits per heavy atom. The van der Waals surface area contributed by atoms with Crippen molar-refractivity contribution >= 4 is 5.91 Å². The maximum Gasteiger partial charge on any atom is 0.278 e. The zero-order valence-electron chi connectivity index (χ0n) is 16.5. The molecular formula is C20H24F2N4O3. The summed E-state index contributed by atoms with van der Waals surface area (Å²) in [5.41, 5.74) is -0.726. The molecule has 0 spiro atoms. The van der Waals surface area contributed by atoms with Crippen molar-refractivity contribution in [2.24, 2.45) is 0 Å². The molecule has 0 bridgehead atoms. The van der Waals surface area contributed by atoms with Gasteiger partial charge in [0.15, 0.2) is 17.3 Å². The van der Waals surface area contributed by atoms with Crippen molar-refractivity contribution in [3.8, 4) is 11.6 Å². The molecular weight excluding hydrogens is 382 g/mol. The van der Waals surface area contributed by atoms with Crippen LogP contribution in [-0.2, 0) is 0 Å². The molecule has 0 aliphatic carbocycles. The molecule has 0 saturated carbocycles. The summed E-state index contributed by atoms with van der Waals surface area (Å²) < 4.78 is 33.2. The molecule has 1 aromatic heterocycles. The molecule has 9 heteroatoms. The number of unbranched alkanes of at least 4 members (excludes halogenated alkanes) is 1. The van der Waals surface area contributed by atoms with Crippen molar-refractivity contribution < 1.29 is 18.3 Å². The zero-order valence-corrected chi connectivity index (χ0v) is 16.5. The van der Waals surface area contributed by atoms with Crippen LogP contribution in [0, 0.1) is 11.6 Å². The number of methoxy groups -OCH3 is 1. The van der Waals surface area contributed by atoms with Gasteiger partial charge in [-0.3, -0.25) is 14.5 Å². The average Bonchev–Trinajstić information content (AvgIpc) is 2.74. The van der Waals surface area contributed by atoms with Gasteiger partial charge in [0.1, 0.15) is 0 Å². The number of amides is 1. The summed E-state index contributed by atoms with van der Waals surface area (Å²) in [5, 5.41) is 4.11. The Kier molecular flexibility index (Phi) is 6.58. The Balaban J connectivity index is 1.87. The molecule has 2 heterocycles. The first-order chi connectivity index (χ1) is 13.9. The van der Waals surface area contributed by atoms with Crippen LogP contribution in [0.1, 0.15) is 30.3 Å². The Hall–Kier alpha value is -2.81. The van der Waals surface area contributed by atoms with Crippen molar-refractivity contribution in [2.75, 3.05) is 39.8 Å². The van der Waals surface area contributed by atoms with E-state index in [0.29, 0.717) is 13.1 Å². The number of nitrogens with zero attached hydrogens (tertiary/aromatic N) is 4. The lowest BCUT2D eigenvalue weighted by Crippen LogP contribution is -2.50. The van der Waals surface area contributed by atoms with Crippen LogP contribution >= 0.6 is 0 Å². The molecule has 7 nitrogen and oxygen atoms in total. The molecule has 1 aromatic carbocycles. The van der Waals surface area contributed by atoms with Crippen LogP contribution in [0.5, 0.6) is 5.88 Å². The van der Waals surface area contributed by atoms with Crippen molar-refractivity contribution in [2.45, 2.75) is 19.8 Å². The van der Waals surface area contributed by atoms with Gasteiger partial charge in [-0.05, 0) is 25.1 Å². The van der Waals surface area contributed by atoms with Crippen molar-refractivity contribution in [1.29, 1.82) is 0 Å². The van der Waals surface area contributed by atoms with Crippen LogP contribution in [0.4, 0.5) is 8.78 Å². The predicted molar refractivity (Wildman–Crippen MR) is 104 cm³/mol. The zero-order chi connectivity index (χ0) is 21.0. The van der Waals surface area contributed by atoms with Crippen molar-refractivity contribution in [3.05, 3.63) is 51.8 Å². The van der Waals surface area contributed by atoms with Gasteiger partial charge in [-0.25, -0.2) is 13.5 Å². The molecule has 0 N–H and O–H groups in total. The maximum atomic E-state index is 13.7. The largest absolute Gasteiger partial charge is 0.481 e. The number of carbonyl (C=O) groups excluding carboxylic acids is 1. The first-order valence-electron chi connectivity index (χ1n) is 9.60. The Labute approximate surface area is 167 Å². The highest BCUT2D eigenvalue weighted by atomic mass is 19.2. The third-order valence-corrected chi connectivity index (χ3v) is 4.94. The number of benzene rings is 1. The van der Waals surface area contributed by atoms with E-state index in [1.807, 2.05) is 0 Å². The lowest BCUT2D eigenvalue weighted by Gasteiger charge is -2.34. The lowest BCUT2D eigenvalue weighted by molar-refractivity contribution is 0.0626. The molecule has 1 aliphatic heterocycles. The summed E-state index contributed by atoms with van der Waals surface area (Å²) in [6.45, 7) is 5.59. The number of piperazine rings is 1. The van der Waals surface area contributed by atoms with E-state index in [0.717, 1.165) is 55.4 Å². The van der Waals surface area contributed by atoms with Gasteiger partial charge in [0.2, 0.25) is 11.3 Å². The first kappa shape index (κ1) is 20.9. The van der Waals surface area contributed by atoms with Gasteiger partial charge in [0.05, 0.1) is 18.9 Å². The molecule has 2 aromatic rings. The molecule has 0 atom stereocenters. The van der Waals surface area contributed by atoms with Gasteiger partial charge in [-0.2, -0.15) is 5.10 Å². The fourth-order valence-electron chi connectivity index (χ4n) is 3.24. The molecule has 0 radical (unpaired) electrons. The van der Waals surface area contributed by atoms with Gasteiger partial charge >= 0.3 is 0 Å². The average molecular weight is 406 g/mol. The quantitative estimate of drug-likeness (QED) is 0.735. The monoisotopic (exact) mass is 406 g/mol. The van der Waals surface area contributed by atoms with E-state index in [2.05, 4.69) is 16.9 Å². The van der Waals surface area contributed by atoms with Crippen molar-refractivity contribution in [1.82, 2.24) is 19.6 Å². The summed E-state index contributed by atoms with van der Waals surface area (Å²) in [6, 6.07) is 4.29. The van der Waals surface area contributed by atoms with Crippen molar-refractivity contribution in [3.63, 3.8) is 0 Å². The van der Waals surface area contributed by atoms with Crippen LogP contribution < -0.4 is 10.2 Å². The van der Waals surface area contributed by atoms with Crippen LogP contribution in [0.15, 0.2) is 29.1 Å². The number of carbonyl (C=O) groups is 1. The van der Waals surface area contributed by atoms with Crippen LogP contribution in [0.3, 0.4) is 0 Å². The highest BCUT2D eigenvalue weighted by Gasteiger charge is 2.26.